The highest BCUT2D eigenvalue weighted by molar-refractivity contribution is 5.87. The minimum atomic E-state index is -0.762. The maximum absolute atomic E-state index is 13.3. The maximum Gasteiger partial charge on any atom is 0.408 e. The minimum absolute atomic E-state index is 0.105. The van der Waals surface area contributed by atoms with Crippen LogP contribution in [0.25, 0.3) is 0 Å². The zero-order valence-corrected chi connectivity index (χ0v) is 18.0. The molecule has 0 bridgehead atoms. The number of rotatable bonds is 5. The molecule has 6 heteroatoms. The van der Waals surface area contributed by atoms with Crippen molar-refractivity contribution in [2.45, 2.75) is 39.0 Å². The number of carbonyl (C=O) groups excluding carboxylic acids is 2. The lowest BCUT2D eigenvalue weighted by molar-refractivity contribution is -0.135. The molecule has 3 rings (SSSR count). The molecule has 1 N–H and O–H groups in total. The van der Waals surface area contributed by atoms with E-state index in [9.17, 15) is 9.59 Å². The Balaban J connectivity index is 1.64. The summed E-state index contributed by atoms with van der Waals surface area (Å²) >= 11 is 0. The number of piperazine rings is 1. The topological polar surface area (TPSA) is 61.9 Å². The molecule has 2 aromatic rings. The van der Waals surface area contributed by atoms with Gasteiger partial charge in [0.05, 0.1) is 0 Å². The number of alkyl carbamates (subject to hydrolysis) is 1. The smallest absolute Gasteiger partial charge is 0.408 e. The summed E-state index contributed by atoms with van der Waals surface area (Å²) in [4.78, 5) is 29.8. The summed E-state index contributed by atoms with van der Waals surface area (Å²) in [5.41, 5.74) is 1.39. The van der Waals surface area contributed by atoms with Crippen LogP contribution >= 0.6 is 0 Å². The van der Waals surface area contributed by atoms with Gasteiger partial charge in [0.15, 0.2) is 0 Å². The fourth-order valence-corrected chi connectivity index (χ4v) is 3.51. The first-order chi connectivity index (χ1) is 14.3. The average Bonchev–Trinajstić information content (AvgIpc) is 2.72. The van der Waals surface area contributed by atoms with Gasteiger partial charge in [0.2, 0.25) is 5.91 Å². The van der Waals surface area contributed by atoms with Crippen molar-refractivity contribution in [3.8, 4) is 0 Å². The second kappa shape index (κ2) is 9.76. The Morgan fingerprint density at radius 2 is 1.50 bits per heavy atom. The van der Waals surface area contributed by atoms with Crippen LogP contribution in [0.2, 0.25) is 0 Å². The van der Waals surface area contributed by atoms with E-state index in [-0.39, 0.29) is 5.91 Å². The van der Waals surface area contributed by atoms with E-state index >= 15 is 0 Å². The van der Waals surface area contributed by atoms with Crippen LogP contribution in [-0.2, 0) is 16.1 Å². The van der Waals surface area contributed by atoms with Crippen LogP contribution in [0.15, 0.2) is 60.7 Å². The molecule has 2 aromatic carbocycles. The molecule has 0 saturated carbocycles. The Labute approximate surface area is 178 Å². The maximum atomic E-state index is 13.3. The lowest BCUT2D eigenvalue weighted by Crippen LogP contribution is -2.52. The monoisotopic (exact) mass is 409 g/mol. The lowest BCUT2D eigenvalue weighted by atomic mass is 10.1. The van der Waals surface area contributed by atoms with Gasteiger partial charge in [0.25, 0.3) is 0 Å². The molecule has 30 heavy (non-hydrogen) atoms. The third-order valence-electron chi connectivity index (χ3n) is 4.97. The number of hydrogen-bond acceptors (Lipinski definition) is 4. The van der Waals surface area contributed by atoms with Gasteiger partial charge in [0, 0.05) is 32.7 Å². The van der Waals surface area contributed by atoms with Crippen molar-refractivity contribution in [2.75, 3.05) is 26.2 Å². The van der Waals surface area contributed by atoms with Crippen molar-refractivity contribution in [3.63, 3.8) is 0 Å². The van der Waals surface area contributed by atoms with Crippen molar-refractivity contribution in [1.82, 2.24) is 15.1 Å². The van der Waals surface area contributed by atoms with Gasteiger partial charge in [-0.2, -0.15) is 0 Å². The molecule has 0 aromatic heterocycles. The summed E-state index contributed by atoms with van der Waals surface area (Å²) in [6.45, 7) is 9.15. The van der Waals surface area contributed by atoms with E-state index in [1.54, 1.807) is 20.8 Å². The van der Waals surface area contributed by atoms with Gasteiger partial charge >= 0.3 is 6.09 Å². The van der Waals surface area contributed by atoms with Gasteiger partial charge in [-0.25, -0.2) is 4.79 Å². The fraction of sp³-hybridized carbons (Fsp3) is 0.417. The standard InChI is InChI=1S/C24H31N3O3/c1-24(2,3)30-23(29)25-21(20-12-8-5-9-13-20)22(28)27-16-14-26(15-17-27)18-19-10-6-4-7-11-19/h4-13,21H,14-18H2,1-3H3,(H,25,29)/t21-/m0/s1. The van der Waals surface area contributed by atoms with Gasteiger partial charge in [-0.1, -0.05) is 60.7 Å². The van der Waals surface area contributed by atoms with Crippen LogP contribution in [0.4, 0.5) is 4.79 Å². The first kappa shape index (κ1) is 21.8. The Bertz CT molecular complexity index is 826. The highest BCUT2D eigenvalue weighted by atomic mass is 16.6. The summed E-state index contributed by atoms with van der Waals surface area (Å²) in [5.74, 6) is -0.105. The van der Waals surface area contributed by atoms with Gasteiger partial charge in [-0.3, -0.25) is 9.69 Å². The van der Waals surface area contributed by atoms with Gasteiger partial charge < -0.3 is 15.0 Å². The molecule has 6 nitrogen and oxygen atoms in total. The molecule has 1 fully saturated rings. The number of nitrogens with zero attached hydrogens (tertiary/aromatic N) is 2. The van der Waals surface area contributed by atoms with Crippen molar-refractivity contribution < 1.29 is 14.3 Å². The molecular formula is C24H31N3O3. The van der Waals surface area contributed by atoms with Gasteiger partial charge in [-0.05, 0) is 31.9 Å². The number of ether oxygens (including phenoxy) is 1. The van der Waals surface area contributed by atoms with E-state index < -0.39 is 17.7 Å². The quantitative estimate of drug-likeness (QED) is 0.820. The van der Waals surface area contributed by atoms with Crippen LogP contribution in [0, 0.1) is 0 Å². The lowest BCUT2D eigenvalue weighted by Gasteiger charge is -2.36. The molecule has 1 aliphatic heterocycles. The zero-order valence-electron chi connectivity index (χ0n) is 18.0. The van der Waals surface area contributed by atoms with E-state index in [1.165, 1.54) is 5.56 Å². The average molecular weight is 410 g/mol. The summed E-state index contributed by atoms with van der Waals surface area (Å²) in [5, 5.41) is 2.77. The van der Waals surface area contributed by atoms with Gasteiger partial charge in [0.1, 0.15) is 11.6 Å². The SMILES string of the molecule is CC(C)(C)OC(=O)N[C@H](C(=O)N1CCN(Cc2ccccc2)CC1)c1ccccc1. The first-order valence-electron chi connectivity index (χ1n) is 10.4. The largest absolute Gasteiger partial charge is 0.444 e. The molecule has 0 aliphatic carbocycles. The summed E-state index contributed by atoms with van der Waals surface area (Å²) < 4.78 is 5.38. The van der Waals surface area contributed by atoms with Crippen molar-refractivity contribution in [2.24, 2.45) is 0 Å². The van der Waals surface area contributed by atoms with E-state index in [4.69, 9.17) is 4.74 Å². The molecule has 0 spiro atoms. The van der Waals surface area contributed by atoms with Crippen LogP contribution in [0.3, 0.4) is 0 Å². The third kappa shape index (κ3) is 6.32. The van der Waals surface area contributed by atoms with Crippen LogP contribution in [-0.4, -0.2) is 53.6 Å². The highest BCUT2D eigenvalue weighted by Crippen LogP contribution is 2.19. The Morgan fingerprint density at radius 1 is 0.933 bits per heavy atom. The highest BCUT2D eigenvalue weighted by Gasteiger charge is 2.31. The molecule has 0 radical (unpaired) electrons. The van der Waals surface area contributed by atoms with Crippen LogP contribution in [0.5, 0.6) is 0 Å². The number of benzene rings is 2. The normalized spacial score (nSPS) is 16.0. The first-order valence-corrected chi connectivity index (χ1v) is 10.4. The molecule has 160 valence electrons. The van der Waals surface area contributed by atoms with E-state index in [1.807, 2.05) is 53.4 Å². The number of hydrogen-bond donors (Lipinski definition) is 1. The molecule has 0 unspecified atom stereocenters. The number of carbonyl (C=O) groups is 2. The van der Waals surface area contributed by atoms with Crippen molar-refractivity contribution in [1.29, 1.82) is 0 Å². The summed E-state index contributed by atoms with van der Waals surface area (Å²) in [6, 6.07) is 18.9. The fourth-order valence-electron chi connectivity index (χ4n) is 3.51. The molecule has 1 aliphatic rings. The molecular weight excluding hydrogens is 378 g/mol. The third-order valence-corrected chi connectivity index (χ3v) is 4.97. The second-order valence-corrected chi connectivity index (χ2v) is 8.58. The molecule has 2 amide bonds. The molecule has 1 atom stereocenters. The number of amides is 2. The molecule has 1 heterocycles. The minimum Gasteiger partial charge on any atom is -0.444 e. The van der Waals surface area contributed by atoms with Crippen LogP contribution in [0.1, 0.15) is 37.9 Å². The molecule has 1 saturated heterocycles. The Hall–Kier alpha value is -2.86. The van der Waals surface area contributed by atoms with Crippen LogP contribution < -0.4 is 5.32 Å². The predicted octanol–water partition coefficient (Wildman–Crippen LogP) is 3.60. The summed E-state index contributed by atoms with van der Waals surface area (Å²) in [7, 11) is 0. The van der Waals surface area contributed by atoms with E-state index in [0.717, 1.165) is 25.2 Å². The Morgan fingerprint density at radius 3 is 2.07 bits per heavy atom. The Kier molecular flexibility index (Phi) is 7.11. The van der Waals surface area contributed by atoms with Crippen molar-refractivity contribution >= 4 is 12.0 Å². The zero-order chi connectivity index (χ0) is 21.6. The van der Waals surface area contributed by atoms with Gasteiger partial charge in [-0.15, -0.1) is 0 Å². The second-order valence-electron chi connectivity index (χ2n) is 8.58. The van der Waals surface area contributed by atoms with E-state index in [2.05, 4.69) is 22.3 Å². The predicted molar refractivity (Wildman–Crippen MR) is 117 cm³/mol. The summed E-state index contributed by atoms with van der Waals surface area (Å²) in [6.07, 6.45) is -0.590. The van der Waals surface area contributed by atoms with E-state index in [0.29, 0.717) is 13.1 Å². The van der Waals surface area contributed by atoms with Crippen molar-refractivity contribution in [3.05, 3.63) is 71.8 Å². The number of nitrogens with one attached hydrogen (secondary N) is 1.